The van der Waals surface area contributed by atoms with Crippen LogP contribution in [0, 0.1) is 6.92 Å². The standard InChI is InChI=1S/C11H16F3N3O2/c1-3-17-9(4-8(2)15-17)5-16(6-10(18)19)7-11(12,13)14/h4H,3,5-7H2,1-2H3,(H,18,19). The minimum absolute atomic E-state index is 0.0967. The number of aliphatic carboxylic acids is 1. The highest BCUT2D eigenvalue weighted by Gasteiger charge is 2.31. The van der Waals surface area contributed by atoms with Crippen LogP contribution in [0.1, 0.15) is 18.3 Å². The van der Waals surface area contributed by atoms with E-state index in [2.05, 4.69) is 5.10 Å². The highest BCUT2D eigenvalue weighted by Crippen LogP contribution is 2.18. The van der Waals surface area contributed by atoms with Crippen LogP contribution in [0.4, 0.5) is 13.2 Å². The van der Waals surface area contributed by atoms with Gasteiger partial charge in [0.2, 0.25) is 0 Å². The Morgan fingerprint density at radius 1 is 1.53 bits per heavy atom. The molecule has 0 fully saturated rings. The number of carboxylic acid groups (broad SMARTS) is 1. The molecule has 0 aliphatic heterocycles. The van der Waals surface area contributed by atoms with E-state index in [1.165, 1.54) is 0 Å². The highest BCUT2D eigenvalue weighted by atomic mass is 19.4. The Labute approximate surface area is 108 Å². The zero-order valence-electron chi connectivity index (χ0n) is 10.7. The van der Waals surface area contributed by atoms with Gasteiger partial charge in [0.15, 0.2) is 0 Å². The van der Waals surface area contributed by atoms with Crippen LogP contribution in [0.15, 0.2) is 6.07 Å². The van der Waals surface area contributed by atoms with Crippen LogP contribution in [0.25, 0.3) is 0 Å². The van der Waals surface area contributed by atoms with Gasteiger partial charge in [-0.3, -0.25) is 14.4 Å². The van der Waals surface area contributed by atoms with Gasteiger partial charge in [-0.15, -0.1) is 0 Å². The van der Waals surface area contributed by atoms with Gasteiger partial charge in [-0.2, -0.15) is 18.3 Å². The maximum Gasteiger partial charge on any atom is 0.401 e. The molecule has 1 aromatic heterocycles. The molecular formula is C11H16F3N3O2. The van der Waals surface area contributed by atoms with Crippen LogP contribution in [0.3, 0.4) is 0 Å². The maximum atomic E-state index is 12.4. The third kappa shape index (κ3) is 5.29. The van der Waals surface area contributed by atoms with E-state index in [9.17, 15) is 18.0 Å². The Morgan fingerprint density at radius 3 is 2.63 bits per heavy atom. The Morgan fingerprint density at radius 2 is 2.16 bits per heavy atom. The van der Waals surface area contributed by atoms with E-state index in [0.717, 1.165) is 4.90 Å². The average molecular weight is 279 g/mol. The quantitative estimate of drug-likeness (QED) is 0.860. The molecule has 19 heavy (non-hydrogen) atoms. The number of alkyl halides is 3. The lowest BCUT2D eigenvalue weighted by molar-refractivity contribution is -0.155. The number of halogens is 3. The molecule has 108 valence electrons. The fourth-order valence-electron chi connectivity index (χ4n) is 1.84. The number of hydrogen-bond acceptors (Lipinski definition) is 3. The van der Waals surface area contributed by atoms with E-state index in [1.807, 2.05) is 6.92 Å². The van der Waals surface area contributed by atoms with Crippen LogP contribution in [-0.2, 0) is 17.9 Å². The summed E-state index contributed by atoms with van der Waals surface area (Å²) in [5.74, 6) is -1.29. The second-order valence-electron chi connectivity index (χ2n) is 4.25. The molecule has 0 spiro atoms. The predicted molar refractivity (Wildman–Crippen MR) is 61.6 cm³/mol. The van der Waals surface area contributed by atoms with E-state index in [4.69, 9.17) is 5.11 Å². The number of hydrogen-bond donors (Lipinski definition) is 1. The van der Waals surface area contributed by atoms with Crippen LogP contribution in [0.5, 0.6) is 0 Å². The molecule has 0 atom stereocenters. The van der Waals surface area contributed by atoms with Crippen molar-refractivity contribution >= 4 is 5.97 Å². The number of aryl methyl sites for hydroxylation is 2. The fourth-order valence-corrected chi connectivity index (χ4v) is 1.84. The van der Waals surface area contributed by atoms with Gasteiger partial charge in [-0.25, -0.2) is 0 Å². The summed E-state index contributed by atoms with van der Waals surface area (Å²) >= 11 is 0. The van der Waals surface area contributed by atoms with Crippen LogP contribution >= 0.6 is 0 Å². The third-order valence-electron chi connectivity index (χ3n) is 2.43. The Hall–Kier alpha value is -1.57. The molecule has 0 unspecified atom stereocenters. The summed E-state index contributed by atoms with van der Waals surface area (Å²) < 4.78 is 38.7. The first kappa shape index (κ1) is 15.5. The molecule has 1 rings (SSSR count). The summed E-state index contributed by atoms with van der Waals surface area (Å²) in [4.78, 5) is 11.5. The first-order chi connectivity index (χ1) is 8.71. The molecule has 0 aliphatic rings. The van der Waals surface area contributed by atoms with Gasteiger partial charge in [0, 0.05) is 13.1 Å². The van der Waals surface area contributed by atoms with Crippen molar-refractivity contribution in [3.05, 3.63) is 17.5 Å². The summed E-state index contributed by atoms with van der Waals surface area (Å²) in [6.45, 7) is 2.07. The maximum absolute atomic E-state index is 12.4. The van der Waals surface area contributed by atoms with Crippen LogP contribution in [0.2, 0.25) is 0 Å². The Bertz CT molecular complexity index is 443. The SMILES string of the molecule is CCn1nc(C)cc1CN(CC(=O)O)CC(F)(F)F. The molecule has 0 radical (unpaired) electrons. The predicted octanol–water partition coefficient (Wildman–Crippen LogP) is 1.66. The number of carbonyl (C=O) groups is 1. The minimum Gasteiger partial charge on any atom is -0.480 e. The largest absolute Gasteiger partial charge is 0.480 e. The van der Waals surface area contributed by atoms with Gasteiger partial charge in [0.1, 0.15) is 0 Å². The van der Waals surface area contributed by atoms with Crippen molar-refractivity contribution in [2.24, 2.45) is 0 Å². The summed E-state index contributed by atoms with van der Waals surface area (Å²) in [6, 6.07) is 1.66. The van der Waals surface area contributed by atoms with E-state index >= 15 is 0 Å². The van der Waals surface area contributed by atoms with Gasteiger partial charge < -0.3 is 5.11 Å². The molecule has 0 saturated heterocycles. The number of nitrogens with zero attached hydrogens (tertiary/aromatic N) is 3. The topological polar surface area (TPSA) is 58.4 Å². The molecule has 1 N–H and O–H groups in total. The average Bonchev–Trinajstić information content (AvgIpc) is 2.54. The Balaban J connectivity index is 2.83. The fraction of sp³-hybridized carbons (Fsp3) is 0.636. The number of aromatic nitrogens is 2. The number of rotatable bonds is 6. The second kappa shape index (κ2) is 6.05. The molecular weight excluding hydrogens is 263 g/mol. The zero-order valence-corrected chi connectivity index (χ0v) is 10.7. The normalized spacial score (nSPS) is 12.1. The van der Waals surface area contributed by atoms with E-state index in [-0.39, 0.29) is 6.54 Å². The van der Waals surface area contributed by atoms with E-state index in [0.29, 0.717) is 17.9 Å². The van der Waals surface area contributed by atoms with Crippen molar-refractivity contribution in [1.82, 2.24) is 14.7 Å². The monoisotopic (exact) mass is 279 g/mol. The molecule has 0 amide bonds. The van der Waals surface area contributed by atoms with E-state index < -0.39 is 25.2 Å². The summed E-state index contributed by atoms with van der Waals surface area (Å²) in [6.07, 6.45) is -4.43. The first-order valence-electron chi connectivity index (χ1n) is 5.75. The minimum atomic E-state index is -4.43. The van der Waals surface area contributed by atoms with Crippen molar-refractivity contribution in [3.63, 3.8) is 0 Å². The van der Waals surface area contributed by atoms with Crippen molar-refractivity contribution in [2.75, 3.05) is 13.1 Å². The molecule has 0 saturated carbocycles. The number of carboxylic acids is 1. The van der Waals surface area contributed by atoms with E-state index in [1.54, 1.807) is 17.7 Å². The third-order valence-corrected chi connectivity index (χ3v) is 2.43. The smallest absolute Gasteiger partial charge is 0.401 e. The van der Waals surface area contributed by atoms with Gasteiger partial charge in [0.25, 0.3) is 0 Å². The lowest BCUT2D eigenvalue weighted by Gasteiger charge is -2.21. The Kier molecular flexibility index (Phi) is 4.93. The van der Waals surface area contributed by atoms with Crippen LogP contribution in [-0.4, -0.2) is 45.0 Å². The molecule has 0 aromatic carbocycles. The van der Waals surface area contributed by atoms with Crippen molar-refractivity contribution in [1.29, 1.82) is 0 Å². The van der Waals surface area contributed by atoms with Crippen molar-refractivity contribution in [2.45, 2.75) is 33.1 Å². The van der Waals surface area contributed by atoms with Gasteiger partial charge in [0.05, 0.1) is 24.5 Å². The summed E-state index contributed by atoms with van der Waals surface area (Å²) in [7, 11) is 0. The molecule has 8 heteroatoms. The van der Waals surface area contributed by atoms with Gasteiger partial charge in [-0.05, 0) is 19.9 Å². The van der Waals surface area contributed by atoms with Gasteiger partial charge in [-0.1, -0.05) is 0 Å². The van der Waals surface area contributed by atoms with Crippen molar-refractivity contribution < 1.29 is 23.1 Å². The highest BCUT2D eigenvalue weighted by molar-refractivity contribution is 5.69. The zero-order chi connectivity index (χ0) is 14.6. The summed E-state index contributed by atoms with van der Waals surface area (Å²) in [5, 5.41) is 12.8. The van der Waals surface area contributed by atoms with Crippen molar-refractivity contribution in [3.8, 4) is 0 Å². The first-order valence-corrected chi connectivity index (χ1v) is 5.75. The molecule has 1 heterocycles. The molecule has 5 nitrogen and oxygen atoms in total. The second-order valence-corrected chi connectivity index (χ2v) is 4.25. The molecule has 1 aromatic rings. The van der Waals surface area contributed by atoms with Gasteiger partial charge >= 0.3 is 12.1 Å². The molecule has 0 bridgehead atoms. The summed E-state index contributed by atoms with van der Waals surface area (Å²) in [5.41, 5.74) is 1.27. The lowest BCUT2D eigenvalue weighted by atomic mass is 10.3. The van der Waals surface area contributed by atoms with Crippen LogP contribution < -0.4 is 0 Å². The molecule has 0 aliphatic carbocycles. The lowest BCUT2D eigenvalue weighted by Crippen LogP contribution is -2.37.